The standard InChI is InChI=1S/C28H34O7/c1-19-25(34-26(30)21-13-9-6-10-14-21)22(15-20-11-7-5-8-12-20)17-32-18-23(27(31)33-19)16-24(29)35-28(2,3)4/h5-14,19,22-23,25H,15-18H2,1-4H3/t19-,22-,23-,25-/m0/s1. The first-order chi connectivity index (χ1) is 16.6. The fourth-order valence-electron chi connectivity index (χ4n) is 4.03. The third-order valence-corrected chi connectivity index (χ3v) is 5.64. The Morgan fingerprint density at radius 1 is 0.971 bits per heavy atom. The minimum Gasteiger partial charge on any atom is -0.460 e. The molecule has 188 valence electrons. The first-order valence-electron chi connectivity index (χ1n) is 11.9. The molecule has 7 nitrogen and oxygen atoms in total. The van der Waals surface area contributed by atoms with Crippen molar-refractivity contribution >= 4 is 17.9 Å². The molecular formula is C28H34O7. The second-order valence-corrected chi connectivity index (χ2v) is 9.85. The maximum Gasteiger partial charge on any atom is 0.338 e. The van der Waals surface area contributed by atoms with Crippen molar-refractivity contribution < 1.29 is 33.3 Å². The SMILES string of the molecule is C[C@@H]1OC(=O)[C@@H](CC(=O)OC(C)(C)C)COC[C@H](Cc2ccccc2)[C@H]1OC(=O)c1ccccc1. The van der Waals surface area contributed by atoms with Crippen LogP contribution in [0.5, 0.6) is 0 Å². The zero-order valence-corrected chi connectivity index (χ0v) is 20.8. The summed E-state index contributed by atoms with van der Waals surface area (Å²) >= 11 is 0. The summed E-state index contributed by atoms with van der Waals surface area (Å²) in [5.74, 6) is -2.66. The number of benzene rings is 2. The molecule has 0 aliphatic carbocycles. The number of rotatable bonds is 6. The van der Waals surface area contributed by atoms with Crippen LogP contribution >= 0.6 is 0 Å². The van der Waals surface area contributed by atoms with Crippen molar-refractivity contribution in [2.45, 2.75) is 58.3 Å². The fourth-order valence-corrected chi connectivity index (χ4v) is 4.03. The number of carbonyl (C=O) groups excluding carboxylic acids is 3. The predicted molar refractivity (Wildman–Crippen MR) is 130 cm³/mol. The van der Waals surface area contributed by atoms with Gasteiger partial charge < -0.3 is 18.9 Å². The van der Waals surface area contributed by atoms with Crippen LogP contribution in [-0.2, 0) is 35.0 Å². The molecular weight excluding hydrogens is 448 g/mol. The van der Waals surface area contributed by atoms with Crippen molar-refractivity contribution in [2.24, 2.45) is 11.8 Å². The van der Waals surface area contributed by atoms with E-state index in [9.17, 15) is 14.4 Å². The third-order valence-electron chi connectivity index (χ3n) is 5.64. The van der Waals surface area contributed by atoms with Crippen LogP contribution in [0.3, 0.4) is 0 Å². The van der Waals surface area contributed by atoms with Gasteiger partial charge >= 0.3 is 17.9 Å². The van der Waals surface area contributed by atoms with Crippen molar-refractivity contribution in [2.75, 3.05) is 13.2 Å². The normalized spacial score (nSPS) is 23.3. The Kier molecular flexibility index (Phi) is 9.04. The maximum absolute atomic E-state index is 12.9. The Morgan fingerprint density at radius 2 is 1.60 bits per heavy atom. The summed E-state index contributed by atoms with van der Waals surface area (Å²) in [5.41, 5.74) is 0.795. The molecule has 3 rings (SSSR count). The smallest absolute Gasteiger partial charge is 0.338 e. The molecule has 0 saturated carbocycles. The Bertz CT molecular complexity index is 981. The van der Waals surface area contributed by atoms with Crippen molar-refractivity contribution in [3.8, 4) is 0 Å². The van der Waals surface area contributed by atoms with Gasteiger partial charge in [-0.3, -0.25) is 9.59 Å². The average Bonchev–Trinajstić information content (AvgIpc) is 2.85. The highest BCUT2D eigenvalue weighted by molar-refractivity contribution is 5.89. The second kappa shape index (κ2) is 12.0. The first-order valence-corrected chi connectivity index (χ1v) is 11.9. The van der Waals surface area contributed by atoms with E-state index in [0.29, 0.717) is 12.0 Å². The van der Waals surface area contributed by atoms with Crippen LogP contribution in [0.25, 0.3) is 0 Å². The van der Waals surface area contributed by atoms with Gasteiger partial charge in [-0.1, -0.05) is 48.5 Å². The molecule has 0 bridgehead atoms. The molecule has 1 heterocycles. The number of ether oxygens (including phenoxy) is 4. The lowest BCUT2D eigenvalue weighted by molar-refractivity contribution is -0.167. The molecule has 2 aromatic rings. The van der Waals surface area contributed by atoms with E-state index in [1.807, 2.05) is 36.4 Å². The van der Waals surface area contributed by atoms with E-state index in [1.165, 1.54) is 0 Å². The molecule has 0 N–H and O–H groups in total. The summed E-state index contributed by atoms with van der Waals surface area (Å²) in [4.78, 5) is 38.2. The highest BCUT2D eigenvalue weighted by Crippen LogP contribution is 2.26. The van der Waals surface area contributed by atoms with Gasteiger partial charge in [0.1, 0.15) is 17.8 Å². The van der Waals surface area contributed by atoms with E-state index in [4.69, 9.17) is 18.9 Å². The number of hydrogen-bond donors (Lipinski definition) is 0. The van der Waals surface area contributed by atoms with Crippen molar-refractivity contribution in [1.29, 1.82) is 0 Å². The Hall–Kier alpha value is -3.19. The van der Waals surface area contributed by atoms with E-state index >= 15 is 0 Å². The van der Waals surface area contributed by atoms with Gasteiger partial charge in [0.15, 0.2) is 0 Å². The number of hydrogen-bond acceptors (Lipinski definition) is 7. The number of cyclic esters (lactones) is 1. The van der Waals surface area contributed by atoms with E-state index in [2.05, 4.69) is 0 Å². The molecule has 7 heteroatoms. The Morgan fingerprint density at radius 3 is 2.23 bits per heavy atom. The van der Waals surface area contributed by atoms with Gasteiger partial charge in [0.2, 0.25) is 0 Å². The topological polar surface area (TPSA) is 88.1 Å². The molecule has 2 aromatic carbocycles. The van der Waals surface area contributed by atoms with E-state index in [1.54, 1.807) is 52.0 Å². The highest BCUT2D eigenvalue weighted by Gasteiger charge is 2.38. The summed E-state index contributed by atoms with van der Waals surface area (Å²) in [6, 6.07) is 18.5. The zero-order valence-electron chi connectivity index (χ0n) is 20.8. The van der Waals surface area contributed by atoms with Gasteiger partial charge in [0, 0.05) is 5.92 Å². The van der Waals surface area contributed by atoms with Crippen molar-refractivity contribution in [1.82, 2.24) is 0 Å². The molecule has 1 aliphatic rings. The van der Waals surface area contributed by atoms with Crippen LogP contribution in [0.4, 0.5) is 0 Å². The van der Waals surface area contributed by atoms with Gasteiger partial charge in [-0.25, -0.2) is 4.79 Å². The lowest BCUT2D eigenvalue weighted by Gasteiger charge is -2.30. The van der Waals surface area contributed by atoms with Crippen LogP contribution in [0, 0.1) is 11.8 Å². The second-order valence-electron chi connectivity index (χ2n) is 9.85. The van der Waals surface area contributed by atoms with Crippen LogP contribution in [0.2, 0.25) is 0 Å². The summed E-state index contributed by atoms with van der Waals surface area (Å²) < 4.78 is 22.9. The minimum absolute atomic E-state index is 0.00936. The Balaban J connectivity index is 1.81. The van der Waals surface area contributed by atoms with Crippen LogP contribution in [-0.4, -0.2) is 48.9 Å². The van der Waals surface area contributed by atoms with Crippen molar-refractivity contribution in [3.63, 3.8) is 0 Å². The highest BCUT2D eigenvalue weighted by atomic mass is 16.6. The monoisotopic (exact) mass is 482 g/mol. The molecule has 1 fully saturated rings. The zero-order chi connectivity index (χ0) is 25.4. The van der Waals surface area contributed by atoms with Gasteiger partial charge in [-0.15, -0.1) is 0 Å². The number of esters is 3. The van der Waals surface area contributed by atoms with Gasteiger partial charge in [-0.2, -0.15) is 0 Å². The molecule has 1 aliphatic heterocycles. The Labute approximate surface area is 206 Å². The molecule has 0 spiro atoms. The quantitative estimate of drug-likeness (QED) is 0.446. The molecule has 4 atom stereocenters. The summed E-state index contributed by atoms with van der Waals surface area (Å²) in [7, 11) is 0. The average molecular weight is 483 g/mol. The first kappa shape index (κ1) is 26.4. The molecule has 35 heavy (non-hydrogen) atoms. The summed E-state index contributed by atoms with van der Waals surface area (Å²) in [5, 5.41) is 0. The lowest BCUT2D eigenvalue weighted by Crippen LogP contribution is -2.41. The third kappa shape index (κ3) is 8.21. The molecule has 1 saturated heterocycles. The lowest BCUT2D eigenvalue weighted by atomic mass is 9.91. The minimum atomic E-state index is -0.812. The van der Waals surface area contributed by atoms with E-state index in [0.717, 1.165) is 5.56 Å². The predicted octanol–water partition coefficient (Wildman–Crippen LogP) is 4.38. The molecule has 0 unspecified atom stereocenters. The van der Waals surface area contributed by atoms with Gasteiger partial charge in [0.25, 0.3) is 0 Å². The number of carbonyl (C=O) groups is 3. The molecule has 0 amide bonds. The van der Waals surface area contributed by atoms with Gasteiger partial charge in [0.05, 0.1) is 31.1 Å². The largest absolute Gasteiger partial charge is 0.460 e. The van der Waals surface area contributed by atoms with Crippen LogP contribution in [0.1, 0.15) is 50.0 Å². The van der Waals surface area contributed by atoms with Crippen molar-refractivity contribution in [3.05, 3.63) is 71.8 Å². The fraction of sp³-hybridized carbons (Fsp3) is 0.464. The molecule has 0 aromatic heterocycles. The van der Waals surface area contributed by atoms with Gasteiger partial charge in [-0.05, 0) is 51.8 Å². The van der Waals surface area contributed by atoms with E-state index in [-0.39, 0.29) is 25.6 Å². The van der Waals surface area contributed by atoms with Crippen LogP contribution < -0.4 is 0 Å². The van der Waals surface area contributed by atoms with E-state index < -0.39 is 41.6 Å². The summed E-state index contributed by atoms with van der Waals surface area (Å²) in [6.07, 6.45) is -1.08. The molecule has 0 radical (unpaired) electrons. The van der Waals surface area contributed by atoms with Crippen LogP contribution in [0.15, 0.2) is 60.7 Å². The maximum atomic E-state index is 12.9. The summed E-state index contributed by atoms with van der Waals surface area (Å²) in [6.45, 7) is 7.25.